The van der Waals surface area contributed by atoms with Crippen molar-refractivity contribution in [3.63, 3.8) is 0 Å². The van der Waals surface area contributed by atoms with Gasteiger partial charge in [-0.25, -0.2) is 4.39 Å². The van der Waals surface area contributed by atoms with Gasteiger partial charge in [0.05, 0.1) is 13.7 Å². The highest BCUT2D eigenvalue weighted by atomic mass is 19.1. The molecule has 1 N–H and O–H groups in total. The van der Waals surface area contributed by atoms with Gasteiger partial charge < -0.3 is 19.9 Å². The second-order valence-corrected chi connectivity index (χ2v) is 6.59. The van der Waals surface area contributed by atoms with Gasteiger partial charge in [0.15, 0.2) is 0 Å². The fourth-order valence-electron chi connectivity index (χ4n) is 3.11. The molecule has 2 aromatic rings. The highest BCUT2D eigenvalue weighted by Gasteiger charge is 2.23. The SMILES string of the molecule is COc1ccc(C(=O)C(=O)NCC(=O)N2CCN(c3cccc(F)c3)CC2)cc1. The minimum absolute atomic E-state index is 0.222. The first-order valence-electron chi connectivity index (χ1n) is 9.23. The van der Waals surface area contributed by atoms with E-state index in [1.165, 1.54) is 31.4 Å². The van der Waals surface area contributed by atoms with Crippen molar-refractivity contribution in [1.29, 1.82) is 0 Å². The number of carbonyl (C=O) groups excluding carboxylic acids is 3. The predicted molar refractivity (Wildman–Crippen MR) is 106 cm³/mol. The lowest BCUT2D eigenvalue weighted by molar-refractivity contribution is -0.132. The number of nitrogens with zero attached hydrogens (tertiary/aromatic N) is 2. The van der Waals surface area contributed by atoms with E-state index in [1.54, 1.807) is 23.1 Å². The summed E-state index contributed by atoms with van der Waals surface area (Å²) in [5.41, 5.74) is 0.995. The van der Waals surface area contributed by atoms with Gasteiger partial charge in [-0.05, 0) is 42.5 Å². The molecule has 0 saturated carbocycles. The van der Waals surface area contributed by atoms with E-state index in [2.05, 4.69) is 5.32 Å². The smallest absolute Gasteiger partial charge is 0.292 e. The van der Waals surface area contributed by atoms with Crippen molar-refractivity contribution in [2.24, 2.45) is 0 Å². The number of rotatable bonds is 6. The summed E-state index contributed by atoms with van der Waals surface area (Å²) in [6.45, 7) is 1.79. The lowest BCUT2D eigenvalue weighted by Gasteiger charge is -2.36. The van der Waals surface area contributed by atoms with Gasteiger partial charge in [0.2, 0.25) is 11.7 Å². The van der Waals surface area contributed by atoms with Gasteiger partial charge in [0.25, 0.3) is 5.91 Å². The molecule has 3 rings (SSSR count). The van der Waals surface area contributed by atoms with E-state index in [0.717, 1.165) is 5.69 Å². The molecule has 1 fully saturated rings. The highest BCUT2D eigenvalue weighted by molar-refractivity contribution is 6.43. The maximum Gasteiger partial charge on any atom is 0.292 e. The van der Waals surface area contributed by atoms with Crippen LogP contribution in [-0.2, 0) is 9.59 Å². The molecule has 29 heavy (non-hydrogen) atoms. The number of carbonyl (C=O) groups is 3. The first kappa shape index (κ1) is 20.3. The fourth-order valence-corrected chi connectivity index (χ4v) is 3.11. The van der Waals surface area contributed by atoms with Gasteiger partial charge in [-0.3, -0.25) is 14.4 Å². The van der Waals surface area contributed by atoms with Gasteiger partial charge in [-0.2, -0.15) is 0 Å². The van der Waals surface area contributed by atoms with Crippen LogP contribution in [0.25, 0.3) is 0 Å². The van der Waals surface area contributed by atoms with E-state index < -0.39 is 11.7 Å². The third-order valence-corrected chi connectivity index (χ3v) is 4.76. The third-order valence-electron chi connectivity index (χ3n) is 4.76. The molecule has 8 heteroatoms. The average molecular weight is 399 g/mol. The Kier molecular flexibility index (Phi) is 6.43. The van der Waals surface area contributed by atoms with E-state index in [9.17, 15) is 18.8 Å². The quantitative estimate of drug-likeness (QED) is 0.588. The predicted octanol–water partition coefficient (Wildman–Crippen LogP) is 1.48. The minimum Gasteiger partial charge on any atom is -0.497 e. The molecule has 0 aromatic heterocycles. The van der Waals surface area contributed by atoms with Crippen LogP contribution < -0.4 is 15.0 Å². The lowest BCUT2D eigenvalue weighted by atomic mass is 10.1. The molecule has 1 aliphatic heterocycles. The summed E-state index contributed by atoms with van der Waals surface area (Å²) in [6, 6.07) is 12.5. The Morgan fingerprint density at radius 3 is 2.34 bits per heavy atom. The molecule has 7 nitrogen and oxygen atoms in total. The monoisotopic (exact) mass is 399 g/mol. The Balaban J connectivity index is 1.47. The van der Waals surface area contributed by atoms with Crippen molar-refractivity contribution in [1.82, 2.24) is 10.2 Å². The van der Waals surface area contributed by atoms with Crippen molar-refractivity contribution in [3.05, 3.63) is 59.9 Å². The summed E-state index contributed by atoms with van der Waals surface area (Å²) in [4.78, 5) is 40.2. The Bertz CT molecular complexity index is 893. The van der Waals surface area contributed by atoms with Crippen molar-refractivity contribution in [2.45, 2.75) is 0 Å². The maximum absolute atomic E-state index is 13.4. The highest BCUT2D eigenvalue weighted by Crippen LogP contribution is 2.17. The molecule has 0 radical (unpaired) electrons. The van der Waals surface area contributed by atoms with Gasteiger partial charge in [0, 0.05) is 37.4 Å². The molecular formula is C21H22FN3O4. The summed E-state index contributed by atoms with van der Waals surface area (Å²) in [6.07, 6.45) is 0. The zero-order valence-electron chi connectivity index (χ0n) is 16.1. The van der Waals surface area contributed by atoms with E-state index >= 15 is 0 Å². The zero-order chi connectivity index (χ0) is 20.8. The van der Waals surface area contributed by atoms with Gasteiger partial charge in [-0.1, -0.05) is 6.07 Å². The van der Waals surface area contributed by atoms with Crippen molar-refractivity contribution in [3.8, 4) is 5.75 Å². The molecule has 0 bridgehead atoms. The Morgan fingerprint density at radius 1 is 1.03 bits per heavy atom. The van der Waals surface area contributed by atoms with Crippen molar-refractivity contribution in [2.75, 3.05) is 44.7 Å². The molecule has 0 aliphatic carbocycles. The van der Waals surface area contributed by atoms with Gasteiger partial charge >= 0.3 is 0 Å². The largest absolute Gasteiger partial charge is 0.497 e. The zero-order valence-corrected chi connectivity index (χ0v) is 16.1. The standard InChI is InChI=1S/C21H22FN3O4/c1-29-18-7-5-15(6-8-18)20(27)21(28)23-14-19(26)25-11-9-24(10-12-25)17-4-2-3-16(22)13-17/h2-8,13H,9-12,14H2,1H3,(H,23,28). The molecular weight excluding hydrogens is 377 g/mol. The minimum atomic E-state index is -0.832. The van der Waals surface area contributed by atoms with E-state index in [1.807, 2.05) is 11.0 Å². The Hall–Kier alpha value is -3.42. The number of anilines is 1. The maximum atomic E-state index is 13.4. The van der Waals surface area contributed by atoms with Crippen LogP contribution in [0.2, 0.25) is 0 Å². The second-order valence-electron chi connectivity index (χ2n) is 6.59. The first-order valence-corrected chi connectivity index (χ1v) is 9.23. The number of ketones is 1. The summed E-state index contributed by atoms with van der Waals surface area (Å²) in [7, 11) is 1.51. The number of Topliss-reactive ketones (excluding diaryl/α,β-unsaturated/α-hetero) is 1. The van der Waals surface area contributed by atoms with Crippen molar-refractivity contribution < 1.29 is 23.5 Å². The van der Waals surface area contributed by atoms with Crippen LogP contribution in [0.5, 0.6) is 5.75 Å². The number of piperazine rings is 1. The van der Waals surface area contributed by atoms with E-state index in [0.29, 0.717) is 31.9 Å². The van der Waals surface area contributed by atoms with Gasteiger partial charge in [-0.15, -0.1) is 0 Å². The number of methoxy groups -OCH3 is 1. The van der Waals surface area contributed by atoms with Crippen molar-refractivity contribution >= 4 is 23.3 Å². The van der Waals surface area contributed by atoms with Crippen LogP contribution in [0.1, 0.15) is 10.4 Å². The molecule has 1 heterocycles. The number of hydrogen-bond donors (Lipinski definition) is 1. The molecule has 2 aromatic carbocycles. The summed E-state index contributed by atoms with van der Waals surface area (Å²) in [5, 5.41) is 2.38. The molecule has 2 amide bonds. The van der Waals surface area contributed by atoms with Gasteiger partial charge in [0.1, 0.15) is 11.6 Å². The molecule has 1 aliphatic rings. The fraction of sp³-hybridized carbons (Fsp3) is 0.286. The molecule has 0 spiro atoms. The topological polar surface area (TPSA) is 78.9 Å². The summed E-state index contributed by atoms with van der Waals surface area (Å²) < 4.78 is 18.4. The molecule has 0 atom stereocenters. The number of halogens is 1. The Labute approximate surface area is 168 Å². The van der Waals surface area contributed by atoms with Crippen LogP contribution in [-0.4, -0.2) is 62.3 Å². The van der Waals surface area contributed by atoms with E-state index in [-0.39, 0.29) is 23.8 Å². The van der Waals surface area contributed by atoms with Crippen LogP contribution in [0, 0.1) is 5.82 Å². The van der Waals surface area contributed by atoms with E-state index in [4.69, 9.17) is 4.74 Å². The summed E-state index contributed by atoms with van der Waals surface area (Å²) >= 11 is 0. The van der Waals surface area contributed by atoms with Crippen LogP contribution in [0.4, 0.5) is 10.1 Å². The number of nitrogens with one attached hydrogen (secondary N) is 1. The second kappa shape index (κ2) is 9.18. The average Bonchev–Trinajstić information content (AvgIpc) is 2.77. The van der Waals surface area contributed by atoms with Crippen LogP contribution >= 0.6 is 0 Å². The normalized spacial score (nSPS) is 13.7. The Morgan fingerprint density at radius 2 is 1.72 bits per heavy atom. The molecule has 152 valence electrons. The van der Waals surface area contributed by atoms with Crippen LogP contribution in [0.3, 0.4) is 0 Å². The summed E-state index contributed by atoms with van der Waals surface area (Å²) in [5.74, 6) is -1.53. The number of hydrogen-bond acceptors (Lipinski definition) is 5. The number of amides is 2. The molecule has 0 unspecified atom stereocenters. The van der Waals surface area contributed by atoms with Crippen LogP contribution in [0.15, 0.2) is 48.5 Å². The lowest BCUT2D eigenvalue weighted by Crippen LogP contribution is -2.51. The molecule has 1 saturated heterocycles. The number of benzene rings is 2. The first-order chi connectivity index (χ1) is 14.0. The third kappa shape index (κ3) is 5.10. The number of ether oxygens (including phenoxy) is 1.